The Hall–Kier alpha value is -1.73. The molecule has 0 aliphatic carbocycles. The summed E-state index contributed by atoms with van der Waals surface area (Å²) in [5, 5.41) is 2.02. The molecular formula is C16H22N4O2S. The molecule has 1 amide bonds. The molecule has 1 aliphatic heterocycles. The predicted octanol–water partition coefficient (Wildman–Crippen LogP) is 2.01. The molecule has 1 fully saturated rings. The Morgan fingerprint density at radius 2 is 2.35 bits per heavy atom. The average molecular weight is 334 g/mol. The summed E-state index contributed by atoms with van der Waals surface area (Å²) in [5.41, 5.74) is 0.950. The van der Waals surface area contributed by atoms with E-state index in [1.807, 2.05) is 18.5 Å². The molecule has 23 heavy (non-hydrogen) atoms. The van der Waals surface area contributed by atoms with Crippen molar-refractivity contribution in [3.8, 4) is 0 Å². The predicted molar refractivity (Wildman–Crippen MR) is 91.8 cm³/mol. The number of anilines is 1. The van der Waals surface area contributed by atoms with E-state index in [-0.39, 0.29) is 5.91 Å². The number of thiophene rings is 1. The number of fused-ring (bicyclic) bond motifs is 1. The molecule has 1 unspecified atom stereocenters. The minimum absolute atomic E-state index is 0.0416. The smallest absolute Gasteiger partial charge is 0.253 e. The first kappa shape index (κ1) is 16.1. The highest BCUT2D eigenvalue weighted by Gasteiger charge is 2.30. The second-order valence-electron chi connectivity index (χ2n) is 6.25. The third-order valence-corrected chi connectivity index (χ3v) is 4.78. The lowest BCUT2D eigenvalue weighted by Crippen LogP contribution is -2.51. The second-order valence-corrected chi connectivity index (χ2v) is 7.17. The van der Waals surface area contributed by atoms with Crippen LogP contribution in [-0.4, -0.2) is 60.2 Å². The average Bonchev–Trinajstić information content (AvgIpc) is 3.02. The molecule has 0 spiro atoms. The first-order valence-corrected chi connectivity index (χ1v) is 8.74. The highest BCUT2D eigenvalue weighted by atomic mass is 32.1. The number of rotatable bonds is 4. The van der Waals surface area contributed by atoms with E-state index in [9.17, 15) is 4.79 Å². The molecule has 124 valence electrons. The Bertz CT molecular complexity index is 688. The van der Waals surface area contributed by atoms with Crippen LogP contribution in [0.1, 0.15) is 13.8 Å². The maximum Gasteiger partial charge on any atom is 0.253 e. The Morgan fingerprint density at radius 1 is 1.52 bits per heavy atom. The number of nitrogens with zero attached hydrogens (tertiary/aromatic N) is 4. The van der Waals surface area contributed by atoms with Gasteiger partial charge in [0.05, 0.1) is 23.4 Å². The van der Waals surface area contributed by atoms with E-state index in [0.29, 0.717) is 19.1 Å². The van der Waals surface area contributed by atoms with Gasteiger partial charge in [-0.25, -0.2) is 9.97 Å². The van der Waals surface area contributed by atoms with E-state index in [2.05, 4.69) is 28.7 Å². The second kappa shape index (κ2) is 6.80. The van der Waals surface area contributed by atoms with Crippen LogP contribution in [0, 0.1) is 5.92 Å². The van der Waals surface area contributed by atoms with Gasteiger partial charge in [0.2, 0.25) is 0 Å². The molecule has 1 aliphatic rings. The highest BCUT2D eigenvalue weighted by molar-refractivity contribution is 7.17. The van der Waals surface area contributed by atoms with Gasteiger partial charge >= 0.3 is 0 Å². The van der Waals surface area contributed by atoms with E-state index < -0.39 is 6.10 Å². The van der Waals surface area contributed by atoms with Gasteiger partial charge in [0, 0.05) is 20.1 Å². The van der Waals surface area contributed by atoms with E-state index in [1.54, 1.807) is 22.6 Å². The number of hydrogen-bond acceptors (Lipinski definition) is 6. The lowest BCUT2D eigenvalue weighted by atomic mass is 10.2. The summed E-state index contributed by atoms with van der Waals surface area (Å²) in [6.07, 6.45) is 1.15. The molecule has 1 atom stereocenters. The van der Waals surface area contributed by atoms with Crippen LogP contribution in [0.2, 0.25) is 0 Å². The van der Waals surface area contributed by atoms with Gasteiger partial charge in [-0.1, -0.05) is 13.8 Å². The Kier molecular flexibility index (Phi) is 4.77. The van der Waals surface area contributed by atoms with Crippen molar-refractivity contribution in [2.24, 2.45) is 5.92 Å². The van der Waals surface area contributed by atoms with Crippen LogP contribution in [0.15, 0.2) is 17.8 Å². The van der Waals surface area contributed by atoms with E-state index in [1.165, 1.54) is 0 Å². The number of aromatic nitrogens is 2. The highest BCUT2D eigenvalue weighted by Crippen LogP contribution is 2.29. The molecular weight excluding hydrogens is 312 g/mol. The molecule has 6 nitrogen and oxygen atoms in total. The fourth-order valence-electron chi connectivity index (χ4n) is 2.88. The monoisotopic (exact) mass is 334 g/mol. The molecule has 3 rings (SSSR count). The molecule has 2 aromatic heterocycles. The fourth-order valence-corrected chi connectivity index (χ4v) is 3.74. The molecule has 3 heterocycles. The summed E-state index contributed by atoms with van der Waals surface area (Å²) in [5.74, 6) is 1.38. The number of hydrogen-bond donors (Lipinski definition) is 0. The van der Waals surface area contributed by atoms with Crippen molar-refractivity contribution in [3.05, 3.63) is 17.8 Å². The summed E-state index contributed by atoms with van der Waals surface area (Å²) in [4.78, 5) is 25.2. The molecule has 2 aromatic rings. The van der Waals surface area contributed by atoms with Crippen LogP contribution < -0.4 is 4.90 Å². The van der Waals surface area contributed by atoms with Crippen molar-refractivity contribution in [3.63, 3.8) is 0 Å². The van der Waals surface area contributed by atoms with Gasteiger partial charge in [-0.3, -0.25) is 4.79 Å². The van der Waals surface area contributed by atoms with Crippen molar-refractivity contribution in [2.45, 2.75) is 20.0 Å². The van der Waals surface area contributed by atoms with Crippen molar-refractivity contribution >= 4 is 33.3 Å². The van der Waals surface area contributed by atoms with E-state index >= 15 is 0 Å². The molecule has 0 bridgehead atoms. The fraction of sp³-hybridized carbons (Fsp3) is 0.562. The lowest BCUT2D eigenvalue weighted by molar-refractivity contribution is -0.143. The SMILES string of the molecule is CC(C)CN(C)C(=O)C1CN(c2ncnc3ccsc23)CCO1. The standard InChI is InChI=1S/C16H22N4O2S/c1-11(2)8-19(3)16(21)13-9-20(5-6-22-13)15-14-12(4-7-23-14)17-10-18-15/h4,7,10-11,13H,5-6,8-9H2,1-3H3. The maximum absolute atomic E-state index is 12.6. The first-order chi connectivity index (χ1) is 11.1. The Morgan fingerprint density at radius 3 is 3.13 bits per heavy atom. The zero-order valence-electron chi connectivity index (χ0n) is 13.7. The number of carbonyl (C=O) groups excluding carboxylic acids is 1. The van der Waals surface area contributed by atoms with Crippen LogP contribution in [0.3, 0.4) is 0 Å². The molecule has 0 saturated carbocycles. The number of ether oxygens (including phenoxy) is 1. The molecule has 0 aromatic carbocycles. The summed E-state index contributed by atoms with van der Waals surface area (Å²) >= 11 is 1.63. The van der Waals surface area contributed by atoms with Crippen LogP contribution in [0.5, 0.6) is 0 Å². The summed E-state index contributed by atoms with van der Waals surface area (Å²) < 4.78 is 6.78. The maximum atomic E-state index is 12.6. The summed E-state index contributed by atoms with van der Waals surface area (Å²) in [7, 11) is 1.84. The van der Waals surface area contributed by atoms with Gasteiger partial charge in [0.15, 0.2) is 6.10 Å². The number of likely N-dealkylation sites (N-methyl/N-ethyl adjacent to an activating group) is 1. The van der Waals surface area contributed by atoms with Crippen molar-refractivity contribution in [2.75, 3.05) is 38.2 Å². The molecule has 1 saturated heterocycles. The van der Waals surface area contributed by atoms with Gasteiger partial charge in [-0.05, 0) is 17.4 Å². The lowest BCUT2D eigenvalue weighted by Gasteiger charge is -2.35. The van der Waals surface area contributed by atoms with E-state index in [0.717, 1.165) is 29.1 Å². The number of carbonyl (C=O) groups is 1. The van der Waals surface area contributed by atoms with Crippen LogP contribution in [0.4, 0.5) is 5.82 Å². The minimum Gasteiger partial charge on any atom is -0.365 e. The van der Waals surface area contributed by atoms with Gasteiger partial charge in [-0.15, -0.1) is 11.3 Å². The third kappa shape index (κ3) is 3.45. The Labute approximate surface area is 140 Å². The third-order valence-electron chi connectivity index (χ3n) is 3.88. The number of morpholine rings is 1. The quantitative estimate of drug-likeness (QED) is 0.856. The van der Waals surface area contributed by atoms with E-state index in [4.69, 9.17) is 4.74 Å². The summed E-state index contributed by atoms with van der Waals surface area (Å²) in [6.45, 7) is 6.75. The van der Waals surface area contributed by atoms with Crippen molar-refractivity contribution < 1.29 is 9.53 Å². The van der Waals surface area contributed by atoms with Crippen LogP contribution >= 0.6 is 11.3 Å². The molecule has 0 radical (unpaired) electrons. The molecule has 0 N–H and O–H groups in total. The minimum atomic E-state index is -0.433. The normalized spacial score (nSPS) is 18.6. The van der Waals surface area contributed by atoms with Gasteiger partial charge in [-0.2, -0.15) is 0 Å². The van der Waals surface area contributed by atoms with Gasteiger partial charge in [0.25, 0.3) is 5.91 Å². The van der Waals surface area contributed by atoms with Crippen LogP contribution in [0.25, 0.3) is 10.2 Å². The zero-order chi connectivity index (χ0) is 16.4. The number of amides is 1. The topological polar surface area (TPSA) is 58.6 Å². The summed E-state index contributed by atoms with van der Waals surface area (Å²) in [6, 6.07) is 1.99. The molecule has 7 heteroatoms. The van der Waals surface area contributed by atoms with Gasteiger partial charge < -0.3 is 14.5 Å². The Balaban J connectivity index is 1.76. The van der Waals surface area contributed by atoms with Gasteiger partial charge in [0.1, 0.15) is 12.1 Å². The zero-order valence-corrected chi connectivity index (χ0v) is 14.5. The van der Waals surface area contributed by atoms with Crippen LogP contribution in [-0.2, 0) is 9.53 Å². The first-order valence-electron chi connectivity index (χ1n) is 7.86. The van der Waals surface area contributed by atoms with Crippen molar-refractivity contribution in [1.82, 2.24) is 14.9 Å². The van der Waals surface area contributed by atoms with Crippen molar-refractivity contribution in [1.29, 1.82) is 0 Å². The largest absolute Gasteiger partial charge is 0.365 e.